The number of carbonyl (C=O) groups is 1. The van der Waals surface area contributed by atoms with Gasteiger partial charge in [-0.25, -0.2) is 9.79 Å². The summed E-state index contributed by atoms with van der Waals surface area (Å²) in [7, 11) is 3.11. The summed E-state index contributed by atoms with van der Waals surface area (Å²) in [6.45, 7) is 6.02. The molecular formula is C34H32Cl2N2O7S. The van der Waals surface area contributed by atoms with Gasteiger partial charge < -0.3 is 23.7 Å². The molecule has 46 heavy (non-hydrogen) atoms. The van der Waals surface area contributed by atoms with Crippen LogP contribution in [-0.4, -0.2) is 38.0 Å². The van der Waals surface area contributed by atoms with Gasteiger partial charge in [-0.1, -0.05) is 52.7 Å². The second-order valence-electron chi connectivity index (χ2n) is 10.1. The van der Waals surface area contributed by atoms with Gasteiger partial charge in [0.15, 0.2) is 27.8 Å². The van der Waals surface area contributed by atoms with Gasteiger partial charge in [0.1, 0.15) is 6.61 Å². The molecule has 9 nitrogen and oxygen atoms in total. The number of nitrogens with zero attached hydrogens (tertiary/aromatic N) is 2. The number of ether oxygens (including phenoxy) is 5. The SMILES string of the molecule is CCOC(=O)C1=C(C)N=c2s/c(=C/c3ccc(OC)c(OC)c3)c(=O)n2C1c1ccc(OCc2ccc(Cl)cc2Cl)c(OCC)c1. The van der Waals surface area contributed by atoms with Crippen molar-refractivity contribution in [2.45, 2.75) is 33.4 Å². The van der Waals surface area contributed by atoms with Gasteiger partial charge in [0.2, 0.25) is 0 Å². The number of fused-ring (bicyclic) bond motifs is 1. The van der Waals surface area contributed by atoms with E-state index in [2.05, 4.69) is 4.99 Å². The Balaban J connectivity index is 1.61. The lowest BCUT2D eigenvalue weighted by Crippen LogP contribution is -2.40. The van der Waals surface area contributed by atoms with Gasteiger partial charge in [-0.2, -0.15) is 0 Å². The lowest BCUT2D eigenvalue weighted by atomic mass is 9.95. The quantitative estimate of drug-likeness (QED) is 0.176. The number of halogens is 2. The van der Waals surface area contributed by atoms with E-state index in [0.717, 1.165) is 11.1 Å². The molecular weight excluding hydrogens is 651 g/mol. The third-order valence-corrected chi connectivity index (χ3v) is 8.77. The van der Waals surface area contributed by atoms with Gasteiger partial charge in [0.25, 0.3) is 5.56 Å². The van der Waals surface area contributed by atoms with Crippen LogP contribution in [-0.2, 0) is 16.1 Å². The van der Waals surface area contributed by atoms with E-state index in [1.807, 2.05) is 13.0 Å². The molecule has 0 saturated carbocycles. The molecule has 2 heterocycles. The summed E-state index contributed by atoms with van der Waals surface area (Å²) in [5.74, 6) is 1.46. The maximum Gasteiger partial charge on any atom is 0.338 e. The van der Waals surface area contributed by atoms with Crippen LogP contribution in [0.4, 0.5) is 0 Å². The predicted octanol–water partition coefficient (Wildman–Crippen LogP) is 6.10. The third-order valence-electron chi connectivity index (χ3n) is 7.20. The first kappa shape index (κ1) is 33.1. The molecule has 0 fully saturated rings. The highest BCUT2D eigenvalue weighted by Crippen LogP contribution is 2.37. The maximum atomic E-state index is 14.1. The van der Waals surface area contributed by atoms with Crippen molar-refractivity contribution in [1.29, 1.82) is 0 Å². The first-order chi connectivity index (χ1) is 22.2. The fourth-order valence-electron chi connectivity index (χ4n) is 5.08. The number of hydrogen-bond donors (Lipinski definition) is 0. The largest absolute Gasteiger partial charge is 0.493 e. The minimum Gasteiger partial charge on any atom is -0.493 e. The van der Waals surface area contributed by atoms with Crippen LogP contribution in [0.15, 0.2) is 75.7 Å². The molecule has 1 aliphatic heterocycles. The number of methoxy groups -OCH3 is 2. The highest BCUT2D eigenvalue weighted by Gasteiger charge is 2.34. The van der Waals surface area contributed by atoms with Crippen molar-refractivity contribution in [2.24, 2.45) is 4.99 Å². The van der Waals surface area contributed by atoms with Crippen molar-refractivity contribution < 1.29 is 28.5 Å². The molecule has 1 unspecified atom stereocenters. The van der Waals surface area contributed by atoms with Crippen LogP contribution in [0, 0.1) is 0 Å². The first-order valence-corrected chi connectivity index (χ1v) is 16.0. The molecule has 0 aliphatic carbocycles. The van der Waals surface area contributed by atoms with E-state index in [9.17, 15) is 9.59 Å². The monoisotopic (exact) mass is 682 g/mol. The molecule has 0 saturated heterocycles. The van der Waals surface area contributed by atoms with Crippen LogP contribution in [0.3, 0.4) is 0 Å². The number of carbonyl (C=O) groups excluding carboxylic acids is 1. The topological polar surface area (TPSA) is 97.6 Å². The molecule has 0 spiro atoms. The Morgan fingerprint density at radius 3 is 2.39 bits per heavy atom. The zero-order chi connectivity index (χ0) is 33.0. The van der Waals surface area contributed by atoms with Crippen molar-refractivity contribution in [3.63, 3.8) is 0 Å². The Morgan fingerprint density at radius 2 is 1.70 bits per heavy atom. The lowest BCUT2D eigenvalue weighted by molar-refractivity contribution is -0.139. The molecule has 1 aliphatic rings. The fraction of sp³-hybridized carbons (Fsp3) is 0.265. The summed E-state index contributed by atoms with van der Waals surface area (Å²) < 4.78 is 30.3. The lowest BCUT2D eigenvalue weighted by Gasteiger charge is -2.25. The highest BCUT2D eigenvalue weighted by atomic mass is 35.5. The molecule has 240 valence electrons. The summed E-state index contributed by atoms with van der Waals surface area (Å²) in [5, 5.41) is 1.01. The number of allylic oxidation sites excluding steroid dienone is 1. The van der Waals surface area contributed by atoms with Gasteiger partial charge in [-0.3, -0.25) is 9.36 Å². The second kappa shape index (κ2) is 14.5. The molecule has 0 bridgehead atoms. The number of thiazole rings is 1. The molecule has 1 aromatic heterocycles. The minimum absolute atomic E-state index is 0.163. The number of esters is 1. The normalized spacial score (nSPS) is 14.4. The standard InChI is InChI=1S/C34H32Cl2N2O7S/c1-6-43-28-16-21(10-13-26(28)45-18-22-9-11-23(35)17-24(22)36)31-30(33(40)44-7-2)19(3)37-34-38(31)32(39)29(46-34)15-20-8-12-25(41-4)27(14-20)42-5/h8-17,31H,6-7,18H2,1-5H3/b29-15+. The molecule has 0 amide bonds. The molecule has 0 N–H and O–H groups in total. The Kier molecular flexibility index (Phi) is 10.4. The highest BCUT2D eigenvalue weighted by molar-refractivity contribution is 7.07. The van der Waals surface area contributed by atoms with Crippen molar-refractivity contribution in [1.82, 2.24) is 4.57 Å². The predicted molar refractivity (Wildman–Crippen MR) is 178 cm³/mol. The van der Waals surface area contributed by atoms with Gasteiger partial charge in [0.05, 0.1) is 49.3 Å². The zero-order valence-corrected chi connectivity index (χ0v) is 28.2. The molecule has 1 atom stereocenters. The molecule has 5 rings (SSSR count). The average molecular weight is 684 g/mol. The van der Waals surface area contributed by atoms with Gasteiger partial charge in [-0.15, -0.1) is 0 Å². The summed E-state index contributed by atoms with van der Waals surface area (Å²) >= 11 is 13.6. The fourth-order valence-corrected chi connectivity index (χ4v) is 6.59. The number of rotatable bonds is 11. The number of hydrogen-bond acceptors (Lipinski definition) is 9. The van der Waals surface area contributed by atoms with Crippen LogP contribution in [0.5, 0.6) is 23.0 Å². The van der Waals surface area contributed by atoms with E-state index in [-0.39, 0.29) is 24.3 Å². The van der Waals surface area contributed by atoms with Crippen LogP contribution >= 0.6 is 34.5 Å². The van der Waals surface area contributed by atoms with Crippen molar-refractivity contribution >= 4 is 46.6 Å². The summed E-state index contributed by atoms with van der Waals surface area (Å²) in [6, 6.07) is 15.1. The van der Waals surface area contributed by atoms with Gasteiger partial charge in [-0.05, 0) is 74.4 Å². The average Bonchev–Trinajstić information content (AvgIpc) is 3.34. The smallest absolute Gasteiger partial charge is 0.338 e. The number of aromatic nitrogens is 1. The third kappa shape index (κ3) is 6.79. The van der Waals surface area contributed by atoms with Gasteiger partial charge >= 0.3 is 5.97 Å². The Morgan fingerprint density at radius 1 is 0.935 bits per heavy atom. The van der Waals surface area contributed by atoms with E-state index in [1.54, 1.807) is 82.7 Å². The zero-order valence-electron chi connectivity index (χ0n) is 25.9. The molecule has 4 aromatic rings. The first-order valence-electron chi connectivity index (χ1n) is 14.4. The van der Waals surface area contributed by atoms with E-state index < -0.39 is 12.0 Å². The summed E-state index contributed by atoms with van der Waals surface area (Å²) in [5.41, 5.74) is 2.52. The summed E-state index contributed by atoms with van der Waals surface area (Å²) in [6.07, 6.45) is 1.76. The van der Waals surface area contributed by atoms with Crippen molar-refractivity contribution in [2.75, 3.05) is 27.4 Å². The minimum atomic E-state index is -0.832. The Labute approximate surface area is 279 Å². The summed E-state index contributed by atoms with van der Waals surface area (Å²) in [4.78, 5) is 32.6. The van der Waals surface area contributed by atoms with Crippen LogP contribution in [0.25, 0.3) is 6.08 Å². The van der Waals surface area contributed by atoms with E-state index in [0.29, 0.717) is 60.2 Å². The van der Waals surface area contributed by atoms with Crippen molar-refractivity contribution in [3.05, 3.63) is 112 Å². The van der Waals surface area contributed by atoms with Crippen LogP contribution < -0.4 is 33.8 Å². The Hall–Kier alpha value is -4.25. The van der Waals surface area contributed by atoms with E-state index in [1.165, 1.54) is 15.9 Å². The van der Waals surface area contributed by atoms with Gasteiger partial charge in [0, 0.05) is 15.6 Å². The van der Waals surface area contributed by atoms with Crippen LogP contribution in [0.2, 0.25) is 10.0 Å². The molecule has 0 radical (unpaired) electrons. The van der Waals surface area contributed by atoms with E-state index in [4.69, 9.17) is 46.9 Å². The molecule has 12 heteroatoms. The van der Waals surface area contributed by atoms with E-state index >= 15 is 0 Å². The van der Waals surface area contributed by atoms with Crippen LogP contribution in [0.1, 0.15) is 43.5 Å². The number of benzene rings is 3. The second-order valence-corrected chi connectivity index (χ2v) is 11.9. The Bertz CT molecular complexity index is 2000. The van der Waals surface area contributed by atoms with Crippen molar-refractivity contribution in [3.8, 4) is 23.0 Å². The maximum absolute atomic E-state index is 14.1. The molecule has 3 aromatic carbocycles.